The van der Waals surface area contributed by atoms with Crippen LogP contribution in [-0.4, -0.2) is 27.7 Å². The third kappa shape index (κ3) is 3.27. The summed E-state index contributed by atoms with van der Waals surface area (Å²) < 4.78 is 7.31. The molecule has 1 atom stereocenters. The van der Waals surface area contributed by atoms with Crippen LogP contribution in [0.25, 0.3) is 5.69 Å². The summed E-state index contributed by atoms with van der Waals surface area (Å²) in [6, 6.07) is 14.2. The Morgan fingerprint density at radius 3 is 2.67 bits per heavy atom. The molecule has 0 saturated carbocycles. The zero-order valence-corrected chi connectivity index (χ0v) is 14.9. The summed E-state index contributed by atoms with van der Waals surface area (Å²) in [5.74, 6) is 0.129. The normalized spacial score (nSPS) is 15.5. The van der Waals surface area contributed by atoms with Crippen LogP contribution in [0.3, 0.4) is 0 Å². The van der Waals surface area contributed by atoms with Gasteiger partial charge in [-0.3, -0.25) is 9.59 Å². The van der Waals surface area contributed by atoms with Crippen LogP contribution in [0.2, 0.25) is 0 Å². The number of hydrogen-bond donors (Lipinski definition) is 2. The van der Waals surface area contributed by atoms with Crippen LogP contribution >= 0.6 is 0 Å². The van der Waals surface area contributed by atoms with Crippen LogP contribution in [0.15, 0.2) is 54.7 Å². The summed E-state index contributed by atoms with van der Waals surface area (Å²) in [6.45, 7) is 3.65. The molecule has 1 aromatic heterocycles. The minimum absolute atomic E-state index is 0.213. The molecule has 2 heterocycles. The predicted molar refractivity (Wildman–Crippen MR) is 101 cm³/mol. The first-order chi connectivity index (χ1) is 13.0. The molecule has 0 fully saturated rings. The van der Waals surface area contributed by atoms with Gasteiger partial charge in [-0.15, -0.1) is 0 Å². The fourth-order valence-corrected chi connectivity index (χ4v) is 2.88. The number of carbonyl (C=O) groups excluding carboxylic acids is 2. The van der Waals surface area contributed by atoms with Gasteiger partial charge in [0.2, 0.25) is 0 Å². The van der Waals surface area contributed by atoms with Crippen molar-refractivity contribution in [3.05, 3.63) is 66.0 Å². The van der Waals surface area contributed by atoms with E-state index in [0.717, 1.165) is 11.4 Å². The molecular formula is C20H18N4O3. The number of anilines is 2. The summed E-state index contributed by atoms with van der Waals surface area (Å²) in [5, 5.41) is 9.85. The van der Waals surface area contributed by atoms with Crippen molar-refractivity contribution in [2.75, 3.05) is 10.6 Å². The van der Waals surface area contributed by atoms with Crippen molar-refractivity contribution >= 4 is 23.2 Å². The molecule has 2 amide bonds. The number of nitrogens with one attached hydrogen (secondary N) is 2. The van der Waals surface area contributed by atoms with Crippen molar-refractivity contribution in [1.29, 1.82) is 0 Å². The Kier molecular flexibility index (Phi) is 4.12. The van der Waals surface area contributed by atoms with Gasteiger partial charge in [0, 0.05) is 23.1 Å². The largest absolute Gasteiger partial charge is 0.479 e. The van der Waals surface area contributed by atoms with Crippen LogP contribution in [0.5, 0.6) is 5.75 Å². The van der Waals surface area contributed by atoms with E-state index in [-0.39, 0.29) is 11.8 Å². The number of fused-ring (bicyclic) bond motifs is 1. The Hall–Kier alpha value is -3.61. The number of aryl methyl sites for hydroxylation is 1. The molecule has 0 spiro atoms. The Morgan fingerprint density at radius 2 is 1.96 bits per heavy atom. The number of amides is 2. The maximum atomic E-state index is 12.5. The first-order valence-corrected chi connectivity index (χ1v) is 8.55. The van der Waals surface area contributed by atoms with E-state index in [0.29, 0.717) is 22.7 Å². The van der Waals surface area contributed by atoms with E-state index in [1.807, 2.05) is 25.1 Å². The molecular weight excluding hydrogens is 344 g/mol. The summed E-state index contributed by atoms with van der Waals surface area (Å²) >= 11 is 0. The van der Waals surface area contributed by atoms with Gasteiger partial charge in [-0.25, -0.2) is 4.68 Å². The number of rotatable bonds is 3. The molecule has 1 aliphatic rings. The van der Waals surface area contributed by atoms with E-state index >= 15 is 0 Å². The smallest absolute Gasteiger partial charge is 0.265 e. The van der Waals surface area contributed by atoms with E-state index in [2.05, 4.69) is 15.7 Å². The number of nitrogens with zero attached hydrogens (tertiary/aromatic N) is 2. The molecule has 0 unspecified atom stereocenters. The van der Waals surface area contributed by atoms with Crippen LogP contribution < -0.4 is 15.4 Å². The molecule has 136 valence electrons. The number of carbonyl (C=O) groups is 2. The molecule has 3 aromatic rings. The van der Waals surface area contributed by atoms with Gasteiger partial charge in [-0.05, 0) is 62.4 Å². The third-order valence-electron chi connectivity index (χ3n) is 4.37. The molecule has 0 bridgehead atoms. The molecule has 2 aromatic carbocycles. The quantitative estimate of drug-likeness (QED) is 0.749. The molecule has 1 aliphatic heterocycles. The fraction of sp³-hybridized carbons (Fsp3) is 0.150. The van der Waals surface area contributed by atoms with E-state index in [1.54, 1.807) is 48.1 Å². The van der Waals surface area contributed by atoms with Crippen molar-refractivity contribution in [2.45, 2.75) is 20.0 Å². The SMILES string of the molecule is Cc1ccnn1-c1ccc(C(=O)Nc2ccc3c(c2)NC(=O)[C@H](C)O3)cc1. The summed E-state index contributed by atoms with van der Waals surface area (Å²) in [6.07, 6.45) is 1.20. The lowest BCUT2D eigenvalue weighted by Crippen LogP contribution is -2.34. The maximum Gasteiger partial charge on any atom is 0.265 e. The maximum absolute atomic E-state index is 12.5. The van der Waals surface area contributed by atoms with Crippen LogP contribution in [0.4, 0.5) is 11.4 Å². The van der Waals surface area contributed by atoms with E-state index in [4.69, 9.17) is 4.74 Å². The predicted octanol–water partition coefficient (Wildman–Crippen LogP) is 3.15. The Labute approximate surface area is 156 Å². The number of ether oxygens (including phenoxy) is 1. The topological polar surface area (TPSA) is 85.3 Å². The fourth-order valence-electron chi connectivity index (χ4n) is 2.88. The first kappa shape index (κ1) is 16.8. The molecule has 7 heteroatoms. The second-order valence-corrected chi connectivity index (χ2v) is 6.35. The lowest BCUT2D eigenvalue weighted by atomic mass is 10.1. The van der Waals surface area contributed by atoms with E-state index < -0.39 is 6.10 Å². The van der Waals surface area contributed by atoms with Crippen LogP contribution in [0, 0.1) is 6.92 Å². The highest BCUT2D eigenvalue weighted by molar-refractivity contribution is 6.05. The lowest BCUT2D eigenvalue weighted by Gasteiger charge is -2.23. The van der Waals surface area contributed by atoms with Gasteiger partial charge in [0.1, 0.15) is 5.75 Å². The molecule has 0 aliphatic carbocycles. The van der Waals surface area contributed by atoms with Gasteiger partial charge in [-0.1, -0.05) is 0 Å². The Balaban J connectivity index is 1.50. The first-order valence-electron chi connectivity index (χ1n) is 8.55. The van der Waals surface area contributed by atoms with Crippen molar-refractivity contribution in [3.8, 4) is 11.4 Å². The molecule has 4 rings (SSSR count). The van der Waals surface area contributed by atoms with Gasteiger partial charge in [-0.2, -0.15) is 5.10 Å². The number of benzene rings is 2. The molecule has 27 heavy (non-hydrogen) atoms. The second-order valence-electron chi connectivity index (χ2n) is 6.35. The summed E-state index contributed by atoms with van der Waals surface area (Å²) in [5.41, 5.74) is 3.54. The summed E-state index contributed by atoms with van der Waals surface area (Å²) in [7, 11) is 0. The third-order valence-corrected chi connectivity index (χ3v) is 4.37. The number of hydrogen-bond acceptors (Lipinski definition) is 4. The second kappa shape index (κ2) is 6.60. The average Bonchev–Trinajstić information content (AvgIpc) is 3.09. The van der Waals surface area contributed by atoms with Crippen molar-refractivity contribution in [2.24, 2.45) is 0 Å². The average molecular weight is 362 g/mol. The molecule has 7 nitrogen and oxygen atoms in total. The van der Waals surface area contributed by atoms with Crippen molar-refractivity contribution < 1.29 is 14.3 Å². The van der Waals surface area contributed by atoms with E-state index in [1.165, 1.54) is 0 Å². The standard InChI is InChI=1S/C20H18N4O3/c1-12-9-10-21-24(12)16-6-3-14(4-7-16)20(26)22-15-5-8-18-17(11-15)23-19(25)13(2)27-18/h3-11,13H,1-2H3,(H,22,26)(H,23,25)/t13-/m0/s1. The number of aromatic nitrogens is 2. The lowest BCUT2D eigenvalue weighted by molar-refractivity contribution is -0.122. The van der Waals surface area contributed by atoms with Gasteiger partial charge in [0.15, 0.2) is 6.10 Å². The zero-order valence-electron chi connectivity index (χ0n) is 14.9. The molecule has 2 N–H and O–H groups in total. The van der Waals surface area contributed by atoms with Crippen LogP contribution in [0.1, 0.15) is 23.0 Å². The highest BCUT2D eigenvalue weighted by Gasteiger charge is 2.23. The zero-order chi connectivity index (χ0) is 19.0. The monoisotopic (exact) mass is 362 g/mol. The molecule has 0 radical (unpaired) electrons. The highest BCUT2D eigenvalue weighted by atomic mass is 16.5. The van der Waals surface area contributed by atoms with Gasteiger partial charge in [0.05, 0.1) is 11.4 Å². The Morgan fingerprint density at radius 1 is 1.19 bits per heavy atom. The van der Waals surface area contributed by atoms with Gasteiger partial charge in [0.25, 0.3) is 11.8 Å². The van der Waals surface area contributed by atoms with Crippen LogP contribution in [-0.2, 0) is 4.79 Å². The molecule has 0 saturated heterocycles. The summed E-state index contributed by atoms with van der Waals surface area (Å²) in [4.78, 5) is 24.2. The van der Waals surface area contributed by atoms with Gasteiger partial charge < -0.3 is 15.4 Å². The van der Waals surface area contributed by atoms with Crippen molar-refractivity contribution in [3.63, 3.8) is 0 Å². The highest BCUT2D eigenvalue weighted by Crippen LogP contribution is 2.32. The minimum Gasteiger partial charge on any atom is -0.479 e. The van der Waals surface area contributed by atoms with Crippen molar-refractivity contribution in [1.82, 2.24) is 9.78 Å². The van der Waals surface area contributed by atoms with E-state index in [9.17, 15) is 9.59 Å². The van der Waals surface area contributed by atoms with Gasteiger partial charge >= 0.3 is 0 Å². The Bertz CT molecular complexity index is 1020. The minimum atomic E-state index is -0.533.